The van der Waals surface area contributed by atoms with Crippen molar-refractivity contribution in [3.8, 4) is 0 Å². The molecule has 0 radical (unpaired) electrons. The van der Waals surface area contributed by atoms with Gasteiger partial charge < -0.3 is 39.0 Å². The molecule has 6 atom stereocenters. The molecule has 0 spiro atoms. The summed E-state index contributed by atoms with van der Waals surface area (Å²) in [4.78, 5) is 51.3. The summed E-state index contributed by atoms with van der Waals surface area (Å²) >= 11 is 0. The number of aliphatic hydroxyl groups excluding tert-OH is 2. The molecule has 1 heterocycles. The van der Waals surface area contributed by atoms with Crippen LogP contribution in [0, 0.1) is 0 Å². The van der Waals surface area contributed by atoms with Crippen LogP contribution in [-0.2, 0) is 42.9 Å². The number of carbonyl (C=O) groups excluding carboxylic acids is 3. The first-order valence-electron chi connectivity index (χ1n) is 32.2. The molecule has 12 nitrogen and oxygen atoms in total. The fourth-order valence-corrected chi connectivity index (χ4v) is 9.12. The van der Waals surface area contributed by atoms with Gasteiger partial charge in [0.15, 0.2) is 24.6 Å². The summed E-state index contributed by atoms with van der Waals surface area (Å²) in [6.07, 6.45) is 62.2. The van der Waals surface area contributed by atoms with Gasteiger partial charge in [-0.1, -0.05) is 221 Å². The molecule has 1 fully saturated rings. The van der Waals surface area contributed by atoms with Gasteiger partial charge >= 0.3 is 23.9 Å². The number of carboxylic acid groups (broad SMARTS) is 1. The topological polar surface area (TPSA) is 175 Å². The Hall–Kier alpha value is -4.36. The van der Waals surface area contributed by atoms with E-state index in [2.05, 4.69) is 118 Å². The zero-order valence-corrected chi connectivity index (χ0v) is 51.0. The number of unbranched alkanes of at least 4 members (excludes halogenated alkanes) is 24. The van der Waals surface area contributed by atoms with E-state index in [4.69, 9.17) is 23.7 Å². The third-order valence-corrected chi connectivity index (χ3v) is 14.1. The van der Waals surface area contributed by atoms with Crippen LogP contribution in [0.2, 0.25) is 0 Å². The Labute approximate surface area is 492 Å². The zero-order valence-electron chi connectivity index (χ0n) is 51.0. The zero-order chi connectivity index (χ0) is 58.9. The molecule has 3 N–H and O–H groups in total. The summed E-state index contributed by atoms with van der Waals surface area (Å²) in [7, 11) is 0. The van der Waals surface area contributed by atoms with Crippen LogP contribution >= 0.6 is 0 Å². The highest BCUT2D eigenvalue weighted by Crippen LogP contribution is 2.26. The average Bonchev–Trinajstić information content (AvgIpc) is 3.54. The minimum atomic E-state index is -1.92. The number of hydrogen-bond donors (Lipinski definition) is 3. The first kappa shape index (κ1) is 74.7. The lowest BCUT2D eigenvalue weighted by atomic mass is 9.98. The SMILES string of the molecule is CCC/C=C\C/C=C\CCCCCCCC(=O)OC1C(OCC(COC(=O)CCCCCCCC/C=C\C/C=C\C/C=C\CCCCC)OC(=O)CCCCCCCC/C=C\C/C=C\C/C=C\CCCCC)OC(C(=O)O)C(O)C1O. The van der Waals surface area contributed by atoms with Crippen LogP contribution in [0.1, 0.15) is 265 Å². The van der Waals surface area contributed by atoms with Crippen LogP contribution in [0.15, 0.2) is 97.2 Å². The van der Waals surface area contributed by atoms with Crippen molar-refractivity contribution < 1.29 is 58.2 Å². The maximum absolute atomic E-state index is 13.2. The highest BCUT2D eigenvalue weighted by molar-refractivity contribution is 5.74. The first-order chi connectivity index (χ1) is 39.6. The first-order valence-corrected chi connectivity index (χ1v) is 32.2. The van der Waals surface area contributed by atoms with Gasteiger partial charge in [0, 0.05) is 19.3 Å². The minimum Gasteiger partial charge on any atom is -0.479 e. The Bertz CT molecular complexity index is 1780. The molecule has 0 aliphatic carbocycles. The summed E-state index contributed by atoms with van der Waals surface area (Å²) < 4.78 is 28.5. The predicted octanol–water partition coefficient (Wildman–Crippen LogP) is 17.2. The van der Waals surface area contributed by atoms with Crippen molar-refractivity contribution in [1.82, 2.24) is 0 Å². The number of allylic oxidation sites excluding steroid dienone is 16. The molecule has 1 aliphatic heterocycles. The van der Waals surface area contributed by atoms with E-state index in [1.54, 1.807) is 0 Å². The number of carboxylic acids is 1. The highest BCUT2D eigenvalue weighted by atomic mass is 16.7. The highest BCUT2D eigenvalue weighted by Gasteiger charge is 2.50. The molecular formula is C69H114O12. The number of aliphatic hydroxyl groups is 2. The van der Waals surface area contributed by atoms with Gasteiger partial charge in [0.05, 0.1) is 6.61 Å². The monoisotopic (exact) mass is 1130 g/mol. The van der Waals surface area contributed by atoms with Crippen molar-refractivity contribution in [3.05, 3.63) is 97.2 Å². The Morgan fingerprint density at radius 2 is 0.765 bits per heavy atom. The quantitative estimate of drug-likeness (QED) is 0.0228. The minimum absolute atomic E-state index is 0.0374. The smallest absolute Gasteiger partial charge is 0.335 e. The maximum atomic E-state index is 13.2. The molecular weight excluding hydrogens is 1020 g/mol. The lowest BCUT2D eigenvalue weighted by Gasteiger charge is -2.40. The second-order valence-electron chi connectivity index (χ2n) is 21.7. The fraction of sp³-hybridized carbons (Fsp3) is 0.710. The molecule has 1 saturated heterocycles. The summed E-state index contributed by atoms with van der Waals surface area (Å²) in [5, 5.41) is 31.5. The summed E-state index contributed by atoms with van der Waals surface area (Å²) in [5.41, 5.74) is 0. The lowest BCUT2D eigenvalue weighted by molar-refractivity contribution is -0.301. The van der Waals surface area contributed by atoms with Crippen molar-refractivity contribution in [2.75, 3.05) is 13.2 Å². The third kappa shape index (κ3) is 45.8. The van der Waals surface area contributed by atoms with Gasteiger partial charge in [-0.2, -0.15) is 0 Å². The summed E-state index contributed by atoms with van der Waals surface area (Å²) in [6, 6.07) is 0. The predicted molar refractivity (Wildman–Crippen MR) is 331 cm³/mol. The summed E-state index contributed by atoms with van der Waals surface area (Å²) in [5.74, 6) is -3.17. The van der Waals surface area contributed by atoms with E-state index < -0.39 is 67.3 Å². The van der Waals surface area contributed by atoms with Crippen LogP contribution in [0.25, 0.3) is 0 Å². The lowest BCUT2D eigenvalue weighted by Crippen LogP contribution is -2.61. The Morgan fingerprint density at radius 1 is 0.407 bits per heavy atom. The number of ether oxygens (including phenoxy) is 5. The standard InChI is InChI=1S/C69H114O12/c1-4-7-10-13-16-19-22-25-27-29-31-33-35-38-40-43-46-49-52-55-61(70)77-58-60(79-62(71)56-53-50-47-44-42-39-36-34-32-30-28-26-23-20-17-14-11-8-5-2)59-78-69-67(65(74)64(73)66(81-69)68(75)76)80-63(72)57-54-51-48-45-41-37-24-21-18-15-12-9-6-3/h12,15-17,19-21,24-28,31-34,60,64-67,69,73-74H,4-11,13-14,18,22-23,29-30,35-59H2,1-3H3,(H,75,76)/b15-12-,19-16-,20-17-,24-21-,27-25-,28-26-,33-31-,34-32-. The second kappa shape index (κ2) is 56.1. The van der Waals surface area contributed by atoms with Crippen LogP contribution in [0.4, 0.5) is 0 Å². The molecule has 0 aromatic heterocycles. The average molecular weight is 1140 g/mol. The number of rotatable bonds is 54. The van der Waals surface area contributed by atoms with Crippen molar-refractivity contribution in [1.29, 1.82) is 0 Å². The van der Waals surface area contributed by atoms with E-state index in [9.17, 15) is 34.5 Å². The number of aliphatic carboxylic acids is 1. The molecule has 81 heavy (non-hydrogen) atoms. The molecule has 0 bridgehead atoms. The van der Waals surface area contributed by atoms with Crippen LogP contribution in [0.5, 0.6) is 0 Å². The molecule has 0 saturated carbocycles. The van der Waals surface area contributed by atoms with Crippen LogP contribution in [0.3, 0.4) is 0 Å². The van der Waals surface area contributed by atoms with Gasteiger partial charge in [0.1, 0.15) is 18.8 Å². The van der Waals surface area contributed by atoms with Gasteiger partial charge in [0.2, 0.25) is 0 Å². The van der Waals surface area contributed by atoms with E-state index in [1.165, 1.54) is 51.4 Å². The molecule has 0 aromatic carbocycles. The van der Waals surface area contributed by atoms with Crippen LogP contribution in [-0.4, -0.2) is 89.2 Å². The molecule has 0 amide bonds. The Morgan fingerprint density at radius 3 is 1.17 bits per heavy atom. The molecule has 1 aliphatic rings. The van der Waals surface area contributed by atoms with E-state index in [-0.39, 0.29) is 25.9 Å². The van der Waals surface area contributed by atoms with Gasteiger partial charge in [-0.05, 0) is 122 Å². The number of hydrogen-bond acceptors (Lipinski definition) is 11. The van der Waals surface area contributed by atoms with Crippen molar-refractivity contribution >= 4 is 23.9 Å². The van der Waals surface area contributed by atoms with Crippen molar-refractivity contribution in [3.63, 3.8) is 0 Å². The molecule has 1 rings (SSSR count). The van der Waals surface area contributed by atoms with E-state index in [0.29, 0.717) is 19.3 Å². The number of esters is 3. The van der Waals surface area contributed by atoms with E-state index in [1.807, 2.05) is 0 Å². The van der Waals surface area contributed by atoms with E-state index in [0.717, 1.165) is 154 Å². The normalized spacial score (nSPS) is 18.4. The van der Waals surface area contributed by atoms with Gasteiger partial charge in [-0.15, -0.1) is 0 Å². The second-order valence-corrected chi connectivity index (χ2v) is 21.7. The summed E-state index contributed by atoms with van der Waals surface area (Å²) in [6.45, 7) is 5.86. The Kier molecular flexibility index (Phi) is 51.7. The van der Waals surface area contributed by atoms with Crippen molar-refractivity contribution in [2.24, 2.45) is 0 Å². The van der Waals surface area contributed by atoms with Crippen molar-refractivity contribution in [2.45, 2.75) is 302 Å². The van der Waals surface area contributed by atoms with Gasteiger partial charge in [-0.25, -0.2) is 4.79 Å². The molecule has 0 aromatic rings. The fourth-order valence-electron chi connectivity index (χ4n) is 9.12. The molecule has 12 heteroatoms. The Balaban J connectivity index is 2.69. The van der Waals surface area contributed by atoms with Gasteiger partial charge in [0.25, 0.3) is 0 Å². The molecule has 6 unspecified atom stereocenters. The maximum Gasteiger partial charge on any atom is 0.335 e. The van der Waals surface area contributed by atoms with E-state index >= 15 is 0 Å². The largest absolute Gasteiger partial charge is 0.479 e. The number of carbonyl (C=O) groups is 4. The molecule has 462 valence electrons. The van der Waals surface area contributed by atoms with Crippen LogP contribution < -0.4 is 0 Å². The third-order valence-electron chi connectivity index (χ3n) is 14.1. The van der Waals surface area contributed by atoms with Gasteiger partial charge in [-0.3, -0.25) is 14.4 Å².